The number of hydrogen-bond acceptors (Lipinski definition) is 6. The highest BCUT2D eigenvalue weighted by Crippen LogP contribution is 2.12. The Balaban J connectivity index is 4.52. The summed E-state index contributed by atoms with van der Waals surface area (Å²) in [6, 6.07) is 0. The van der Waals surface area contributed by atoms with E-state index < -0.39 is 6.10 Å². The van der Waals surface area contributed by atoms with Crippen molar-refractivity contribution < 1.29 is 28.6 Å². The normalized spacial score (nSPS) is 12.9. The van der Waals surface area contributed by atoms with E-state index in [1.165, 1.54) is 70.6 Å². The first kappa shape index (κ1) is 56.3. The van der Waals surface area contributed by atoms with E-state index in [9.17, 15) is 14.4 Å². The average Bonchev–Trinajstić information content (AvgIpc) is 3.24. The molecule has 0 saturated heterocycles. The number of esters is 3. The van der Waals surface area contributed by atoms with Gasteiger partial charge in [-0.1, -0.05) is 195 Å². The Bertz CT molecular complexity index is 1230. The van der Waals surface area contributed by atoms with E-state index in [0.717, 1.165) is 96.3 Å². The van der Waals surface area contributed by atoms with E-state index in [2.05, 4.69) is 57.2 Å². The van der Waals surface area contributed by atoms with Gasteiger partial charge in [-0.25, -0.2) is 0 Å². The number of carbonyl (C=O) groups is 3. The van der Waals surface area contributed by atoms with Gasteiger partial charge in [-0.15, -0.1) is 0 Å². The topological polar surface area (TPSA) is 78.9 Å². The first-order chi connectivity index (χ1) is 29.5. The Labute approximate surface area is 368 Å². The molecule has 0 aromatic rings. The van der Waals surface area contributed by atoms with Crippen LogP contribution >= 0.6 is 0 Å². The number of ether oxygens (including phenoxy) is 3. The number of rotatable bonds is 42. The second kappa shape index (κ2) is 48.0. The van der Waals surface area contributed by atoms with Crippen LogP contribution in [0, 0.1) is 0 Å². The van der Waals surface area contributed by atoms with Crippen LogP contribution in [-0.4, -0.2) is 37.2 Å². The molecular weight excluding hydrogens is 745 g/mol. The fourth-order valence-corrected chi connectivity index (χ4v) is 6.28. The maximum atomic E-state index is 12.7. The van der Waals surface area contributed by atoms with Crippen LogP contribution in [0.25, 0.3) is 0 Å². The highest BCUT2D eigenvalue weighted by molar-refractivity contribution is 5.71. The second-order valence-electron chi connectivity index (χ2n) is 15.8. The van der Waals surface area contributed by atoms with E-state index in [-0.39, 0.29) is 31.1 Å². The molecule has 0 aromatic heterocycles. The summed E-state index contributed by atoms with van der Waals surface area (Å²) in [5.41, 5.74) is 0. The zero-order valence-electron chi connectivity index (χ0n) is 38.7. The van der Waals surface area contributed by atoms with E-state index >= 15 is 0 Å². The second-order valence-corrected chi connectivity index (χ2v) is 15.8. The maximum Gasteiger partial charge on any atom is 0.306 e. The van der Waals surface area contributed by atoms with Crippen LogP contribution < -0.4 is 0 Å². The van der Waals surface area contributed by atoms with Gasteiger partial charge < -0.3 is 14.2 Å². The molecule has 340 valence electrons. The van der Waals surface area contributed by atoms with Crippen molar-refractivity contribution in [3.05, 3.63) is 97.2 Å². The third-order valence-electron chi connectivity index (χ3n) is 9.95. The molecule has 0 radical (unpaired) electrons. The molecule has 0 fully saturated rings. The van der Waals surface area contributed by atoms with E-state index in [4.69, 9.17) is 14.2 Å². The SMILES string of the molecule is CC\C=C/C=C\C=C/C=C\C=C\C=C/CCCCCC(=O)OCC(COC(=O)CCCCCCC/C=C\CCCCC)OC(=O)CCCCC/C=C\CCCCCCCC. The molecule has 60 heavy (non-hydrogen) atoms. The highest BCUT2D eigenvalue weighted by atomic mass is 16.6. The summed E-state index contributed by atoms with van der Waals surface area (Å²) >= 11 is 0. The number of carbonyl (C=O) groups excluding carboxylic acids is 3. The monoisotopic (exact) mass is 833 g/mol. The number of allylic oxidation sites excluding steroid dienone is 16. The molecule has 6 heteroatoms. The lowest BCUT2D eigenvalue weighted by Crippen LogP contribution is -2.30. The summed E-state index contributed by atoms with van der Waals surface area (Å²) in [6.07, 6.45) is 62.4. The maximum absolute atomic E-state index is 12.7. The van der Waals surface area contributed by atoms with Gasteiger partial charge in [-0.2, -0.15) is 0 Å². The fraction of sp³-hybridized carbons (Fsp3) is 0.648. The quantitative estimate of drug-likeness (QED) is 0.0200. The lowest BCUT2D eigenvalue weighted by atomic mass is 10.1. The van der Waals surface area contributed by atoms with Gasteiger partial charge in [-0.05, 0) is 89.9 Å². The van der Waals surface area contributed by atoms with Gasteiger partial charge in [0.1, 0.15) is 13.2 Å². The lowest BCUT2D eigenvalue weighted by molar-refractivity contribution is -0.167. The Morgan fingerprint density at radius 2 is 0.667 bits per heavy atom. The van der Waals surface area contributed by atoms with Crippen molar-refractivity contribution in [1.82, 2.24) is 0 Å². The van der Waals surface area contributed by atoms with Crippen molar-refractivity contribution in [2.24, 2.45) is 0 Å². The lowest BCUT2D eigenvalue weighted by Gasteiger charge is -2.18. The fourth-order valence-electron chi connectivity index (χ4n) is 6.28. The summed E-state index contributed by atoms with van der Waals surface area (Å²) in [7, 11) is 0. The molecule has 0 spiro atoms. The van der Waals surface area contributed by atoms with Gasteiger partial charge in [0.05, 0.1) is 0 Å². The molecule has 0 aliphatic rings. The molecule has 1 atom stereocenters. The molecule has 6 nitrogen and oxygen atoms in total. The smallest absolute Gasteiger partial charge is 0.306 e. The third kappa shape index (κ3) is 45.4. The van der Waals surface area contributed by atoms with Crippen molar-refractivity contribution in [3.63, 3.8) is 0 Å². The largest absolute Gasteiger partial charge is 0.462 e. The molecule has 1 unspecified atom stereocenters. The summed E-state index contributed by atoms with van der Waals surface area (Å²) in [4.78, 5) is 37.8. The predicted octanol–water partition coefficient (Wildman–Crippen LogP) is 15.8. The molecule has 0 rings (SSSR count). The molecule has 0 N–H and O–H groups in total. The standard InChI is InChI=1S/C54H88O6/c1-4-7-10-13-16-19-22-25-26-27-28-30-32-35-38-41-44-47-53(56)59-50-51(49-58-52(55)46-43-40-37-34-31-24-21-18-15-12-9-6-3)60-54(57)48-45-42-39-36-33-29-23-20-17-14-11-8-5-2/h7,10,13,16,18-19,21-22,25-30,32-33,51H,4-6,8-9,11-12,14-15,17,20,23-24,31,34-50H2,1-3H3/b10-7-,16-13-,21-18-,22-19-,26-25-,28-27+,32-30-,33-29-. The van der Waals surface area contributed by atoms with Gasteiger partial charge in [0.25, 0.3) is 0 Å². The van der Waals surface area contributed by atoms with E-state index in [1.807, 2.05) is 60.8 Å². The van der Waals surface area contributed by atoms with Crippen LogP contribution in [0.5, 0.6) is 0 Å². The van der Waals surface area contributed by atoms with Crippen molar-refractivity contribution in [2.75, 3.05) is 13.2 Å². The number of hydrogen-bond donors (Lipinski definition) is 0. The van der Waals surface area contributed by atoms with Crippen molar-refractivity contribution in [2.45, 2.75) is 213 Å². The minimum atomic E-state index is -0.806. The Morgan fingerprint density at radius 1 is 0.350 bits per heavy atom. The predicted molar refractivity (Wildman–Crippen MR) is 256 cm³/mol. The van der Waals surface area contributed by atoms with E-state index in [0.29, 0.717) is 19.3 Å². The van der Waals surface area contributed by atoms with Crippen molar-refractivity contribution in [3.8, 4) is 0 Å². The van der Waals surface area contributed by atoms with Crippen LogP contribution in [0.2, 0.25) is 0 Å². The molecule has 0 aliphatic heterocycles. The zero-order valence-corrected chi connectivity index (χ0v) is 38.7. The Kier molecular flexibility index (Phi) is 45.1. The Morgan fingerprint density at radius 3 is 1.12 bits per heavy atom. The average molecular weight is 833 g/mol. The molecule has 0 aliphatic carbocycles. The van der Waals surface area contributed by atoms with Crippen LogP contribution in [0.3, 0.4) is 0 Å². The summed E-state index contributed by atoms with van der Waals surface area (Å²) < 4.78 is 16.7. The minimum absolute atomic E-state index is 0.104. The molecule has 0 saturated carbocycles. The van der Waals surface area contributed by atoms with Crippen LogP contribution in [0.4, 0.5) is 0 Å². The van der Waals surface area contributed by atoms with Crippen LogP contribution in [0.1, 0.15) is 207 Å². The highest BCUT2D eigenvalue weighted by Gasteiger charge is 2.19. The van der Waals surface area contributed by atoms with Gasteiger partial charge in [0.15, 0.2) is 6.10 Å². The number of unbranched alkanes of at least 4 members (excludes halogenated alkanes) is 20. The van der Waals surface area contributed by atoms with Crippen molar-refractivity contribution >= 4 is 17.9 Å². The first-order valence-electron chi connectivity index (χ1n) is 24.3. The van der Waals surface area contributed by atoms with Crippen molar-refractivity contribution in [1.29, 1.82) is 0 Å². The van der Waals surface area contributed by atoms with Gasteiger partial charge >= 0.3 is 17.9 Å². The molecule has 0 bridgehead atoms. The van der Waals surface area contributed by atoms with Crippen LogP contribution in [-0.2, 0) is 28.6 Å². The zero-order chi connectivity index (χ0) is 43.7. The summed E-state index contributed by atoms with van der Waals surface area (Å²) in [6.45, 7) is 6.38. The third-order valence-corrected chi connectivity index (χ3v) is 9.95. The summed E-state index contributed by atoms with van der Waals surface area (Å²) in [5, 5.41) is 0. The van der Waals surface area contributed by atoms with Gasteiger partial charge in [0.2, 0.25) is 0 Å². The molecule has 0 amide bonds. The first-order valence-corrected chi connectivity index (χ1v) is 24.3. The molecule has 0 heterocycles. The minimum Gasteiger partial charge on any atom is -0.462 e. The van der Waals surface area contributed by atoms with E-state index in [1.54, 1.807) is 0 Å². The molecular formula is C54H88O6. The van der Waals surface area contributed by atoms with Gasteiger partial charge in [0, 0.05) is 19.3 Å². The van der Waals surface area contributed by atoms with Gasteiger partial charge in [-0.3, -0.25) is 14.4 Å². The Hall–Kier alpha value is -3.67. The summed E-state index contributed by atoms with van der Waals surface area (Å²) in [5.74, 6) is -0.980. The molecule has 0 aromatic carbocycles. The van der Waals surface area contributed by atoms with Crippen LogP contribution in [0.15, 0.2) is 97.2 Å².